The topological polar surface area (TPSA) is 16.4 Å². The summed E-state index contributed by atoms with van der Waals surface area (Å²) in [4.78, 5) is 2.36. The van der Waals surface area contributed by atoms with E-state index in [9.17, 15) is 0 Å². The minimum absolute atomic E-state index is 0.292. The highest BCUT2D eigenvalue weighted by atomic mass is 16.3. The highest BCUT2D eigenvalue weighted by Gasteiger charge is 2.23. The molecular formula is C58H41NO. The van der Waals surface area contributed by atoms with Crippen molar-refractivity contribution in [1.29, 1.82) is 0 Å². The first-order chi connectivity index (χ1) is 29.7. The second-order valence-electron chi connectivity index (χ2n) is 15.7. The van der Waals surface area contributed by atoms with E-state index < -0.39 is 0 Å². The predicted molar refractivity (Wildman–Crippen MR) is 252 cm³/mol. The zero-order chi connectivity index (χ0) is 39.8. The SMILES string of the molecule is C1=CC(c2cccc3ccccc23)Cc2c1oc1ccc(-c3ccc(-c4cccc(N(c5ccc(-c6ccccc6)cc5)c5cccc(-c6ccccc6)c5)c4)cc3)cc21. The smallest absolute Gasteiger partial charge is 0.135 e. The quantitative estimate of drug-likeness (QED) is 0.153. The normalized spacial score (nSPS) is 13.4. The molecule has 284 valence electrons. The van der Waals surface area contributed by atoms with Gasteiger partial charge in [0.1, 0.15) is 11.3 Å². The second kappa shape index (κ2) is 15.2. The average molecular weight is 768 g/mol. The van der Waals surface area contributed by atoms with Gasteiger partial charge < -0.3 is 9.32 Å². The van der Waals surface area contributed by atoms with Gasteiger partial charge in [0.25, 0.3) is 0 Å². The second-order valence-corrected chi connectivity index (χ2v) is 15.7. The van der Waals surface area contributed by atoms with Crippen molar-refractivity contribution >= 4 is 44.9 Å². The Balaban J connectivity index is 0.911. The van der Waals surface area contributed by atoms with E-state index in [0.29, 0.717) is 5.92 Å². The van der Waals surface area contributed by atoms with Crippen LogP contribution in [0.2, 0.25) is 0 Å². The van der Waals surface area contributed by atoms with Crippen LogP contribution >= 0.6 is 0 Å². The Hall–Kier alpha value is -7.68. The fourth-order valence-corrected chi connectivity index (χ4v) is 8.99. The van der Waals surface area contributed by atoms with E-state index in [-0.39, 0.29) is 0 Å². The molecule has 60 heavy (non-hydrogen) atoms. The lowest BCUT2D eigenvalue weighted by molar-refractivity contribution is 0.592. The Morgan fingerprint density at radius 1 is 0.383 bits per heavy atom. The van der Waals surface area contributed by atoms with Crippen molar-refractivity contribution in [1.82, 2.24) is 0 Å². The molecule has 1 aliphatic rings. The maximum absolute atomic E-state index is 6.39. The van der Waals surface area contributed by atoms with Crippen LogP contribution in [0.1, 0.15) is 22.8 Å². The summed E-state index contributed by atoms with van der Waals surface area (Å²) in [6, 6.07) is 78.8. The monoisotopic (exact) mass is 767 g/mol. The Bertz CT molecular complexity index is 3150. The molecule has 1 heterocycles. The van der Waals surface area contributed by atoms with Crippen molar-refractivity contribution in [2.45, 2.75) is 12.3 Å². The summed E-state index contributed by atoms with van der Waals surface area (Å²) in [5, 5.41) is 3.80. The number of benzene rings is 9. The number of hydrogen-bond donors (Lipinski definition) is 0. The zero-order valence-corrected chi connectivity index (χ0v) is 33.1. The van der Waals surface area contributed by atoms with Crippen molar-refractivity contribution < 1.29 is 4.42 Å². The molecule has 0 spiro atoms. The summed E-state index contributed by atoms with van der Waals surface area (Å²) in [5.41, 5.74) is 16.4. The summed E-state index contributed by atoms with van der Waals surface area (Å²) in [6.07, 6.45) is 5.40. The number of allylic oxidation sites excluding steroid dienone is 1. The molecule has 0 radical (unpaired) electrons. The van der Waals surface area contributed by atoms with Crippen molar-refractivity contribution in [2.75, 3.05) is 4.90 Å². The largest absolute Gasteiger partial charge is 0.456 e. The van der Waals surface area contributed by atoms with Crippen LogP contribution in [0.15, 0.2) is 229 Å². The third-order valence-corrected chi connectivity index (χ3v) is 12.0. The average Bonchev–Trinajstić information content (AvgIpc) is 3.70. The maximum Gasteiger partial charge on any atom is 0.135 e. The van der Waals surface area contributed by atoms with Gasteiger partial charge in [-0.3, -0.25) is 0 Å². The molecule has 0 fully saturated rings. The number of rotatable bonds is 8. The molecule has 0 saturated heterocycles. The summed E-state index contributed by atoms with van der Waals surface area (Å²) in [6.45, 7) is 0. The Morgan fingerprint density at radius 3 is 1.57 bits per heavy atom. The van der Waals surface area contributed by atoms with Crippen LogP contribution < -0.4 is 4.90 Å². The van der Waals surface area contributed by atoms with Crippen molar-refractivity contribution in [2.24, 2.45) is 0 Å². The Labute approximate surface area is 351 Å². The van der Waals surface area contributed by atoms with Crippen molar-refractivity contribution in [3.8, 4) is 44.5 Å². The molecule has 0 amide bonds. The predicted octanol–water partition coefficient (Wildman–Crippen LogP) is 16.1. The van der Waals surface area contributed by atoms with E-state index in [1.54, 1.807) is 0 Å². The fraction of sp³-hybridized carbons (Fsp3) is 0.0345. The zero-order valence-electron chi connectivity index (χ0n) is 33.1. The van der Waals surface area contributed by atoms with Crippen LogP contribution in [0.3, 0.4) is 0 Å². The molecule has 0 saturated carbocycles. The summed E-state index contributed by atoms with van der Waals surface area (Å²) in [7, 11) is 0. The van der Waals surface area contributed by atoms with E-state index in [4.69, 9.17) is 4.42 Å². The number of hydrogen-bond acceptors (Lipinski definition) is 2. The summed E-state index contributed by atoms with van der Waals surface area (Å²) >= 11 is 0. The number of anilines is 3. The third-order valence-electron chi connectivity index (χ3n) is 12.0. The van der Waals surface area contributed by atoms with E-state index in [2.05, 4.69) is 235 Å². The third kappa shape index (κ3) is 6.68. The standard InChI is InChI=1S/C58H41NO/c1-3-12-40(13-4-1)42-28-32-50(33-29-42)59(51-20-9-18-46(36-51)41-14-5-2-6-15-41)52-21-10-19-47(37-52)43-24-26-44(27-25-43)48-30-34-57-55(38-48)56-39-49(31-35-58(56)60-57)54-23-11-17-45-16-7-8-22-53(45)54/h1-38,49H,39H2. The first-order valence-corrected chi connectivity index (χ1v) is 20.8. The fourth-order valence-electron chi connectivity index (χ4n) is 8.99. The molecule has 2 heteroatoms. The molecule has 1 atom stereocenters. The van der Waals surface area contributed by atoms with Crippen LogP contribution in [0, 0.1) is 0 Å². The molecular weight excluding hydrogens is 727 g/mol. The molecule has 10 aromatic rings. The van der Waals surface area contributed by atoms with Crippen LogP contribution in [0.25, 0.3) is 72.3 Å². The summed E-state index contributed by atoms with van der Waals surface area (Å²) < 4.78 is 6.39. The minimum atomic E-state index is 0.292. The van der Waals surface area contributed by atoms with E-state index >= 15 is 0 Å². The maximum atomic E-state index is 6.39. The molecule has 2 nitrogen and oxygen atoms in total. The molecule has 1 unspecified atom stereocenters. The molecule has 9 aromatic carbocycles. The van der Waals surface area contributed by atoms with Gasteiger partial charge in [-0.25, -0.2) is 0 Å². The van der Waals surface area contributed by atoms with Gasteiger partial charge in [0.05, 0.1) is 0 Å². The lowest BCUT2D eigenvalue weighted by atomic mass is 9.84. The highest BCUT2D eigenvalue weighted by molar-refractivity contribution is 5.92. The lowest BCUT2D eigenvalue weighted by Crippen LogP contribution is -2.10. The van der Waals surface area contributed by atoms with Crippen molar-refractivity contribution in [3.63, 3.8) is 0 Å². The minimum Gasteiger partial charge on any atom is -0.456 e. The molecule has 0 aliphatic heterocycles. The van der Waals surface area contributed by atoms with E-state index in [1.165, 1.54) is 66.2 Å². The first kappa shape index (κ1) is 35.5. The molecule has 1 aromatic heterocycles. The number of fused-ring (bicyclic) bond motifs is 4. The van der Waals surface area contributed by atoms with Gasteiger partial charge in [0.15, 0.2) is 0 Å². The van der Waals surface area contributed by atoms with Gasteiger partial charge in [-0.1, -0.05) is 176 Å². The van der Waals surface area contributed by atoms with E-state index in [1.807, 2.05) is 0 Å². The summed E-state index contributed by atoms with van der Waals surface area (Å²) in [5.74, 6) is 1.27. The number of furan rings is 1. The Morgan fingerprint density at radius 2 is 0.883 bits per heavy atom. The van der Waals surface area contributed by atoms with E-state index in [0.717, 1.165) is 40.4 Å². The molecule has 0 bridgehead atoms. The Kier molecular flexibility index (Phi) is 9.02. The highest BCUT2D eigenvalue weighted by Crippen LogP contribution is 2.42. The van der Waals surface area contributed by atoms with Gasteiger partial charge in [0, 0.05) is 33.9 Å². The molecule has 0 N–H and O–H groups in total. The van der Waals surface area contributed by atoms with Crippen molar-refractivity contribution in [3.05, 3.63) is 241 Å². The van der Waals surface area contributed by atoms with Crippen LogP contribution in [-0.4, -0.2) is 0 Å². The lowest BCUT2D eigenvalue weighted by Gasteiger charge is -2.27. The van der Waals surface area contributed by atoms with Gasteiger partial charge in [-0.15, -0.1) is 0 Å². The van der Waals surface area contributed by atoms with Crippen LogP contribution in [0.5, 0.6) is 0 Å². The molecule has 11 rings (SSSR count). The number of nitrogens with zero attached hydrogens (tertiary/aromatic N) is 1. The van der Waals surface area contributed by atoms with Gasteiger partial charge in [0.2, 0.25) is 0 Å². The van der Waals surface area contributed by atoms with Crippen LogP contribution in [0.4, 0.5) is 17.1 Å². The molecule has 1 aliphatic carbocycles. The van der Waals surface area contributed by atoms with Gasteiger partial charge >= 0.3 is 0 Å². The van der Waals surface area contributed by atoms with Gasteiger partial charge in [-0.05, 0) is 122 Å². The van der Waals surface area contributed by atoms with Gasteiger partial charge in [-0.2, -0.15) is 0 Å². The first-order valence-electron chi connectivity index (χ1n) is 20.8. The van der Waals surface area contributed by atoms with Crippen LogP contribution in [-0.2, 0) is 6.42 Å².